The highest BCUT2D eigenvalue weighted by Gasteiger charge is 2.27. The smallest absolute Gasteiger partial charge is 0.260 e. The molecule has 0 aliphatic carbocycles. The fourth-order valence-corrected chi connectivity index (χ4v) is 4.50. The number of halogens is 3. The van der Waals surface area contributed by atoms with E-state index in [1.807, 2.05) is 30.3 Å². The minimum Gasteiger partial charge on any atom is -0.312 e. The van der Waals surface area contributed by atoms with Crippen LogP contribution in [-0.2, 0) is 6.54 Å². The van der Waals surface area contributed by atoms with Crippen molar-refractivity contribution in [3.8, 4) is 0 Å². The van der Waals surface area contributed by atoms with Crippen molar-refractivity contribution in [3.05, 3.63) is 65.5 Å². The van der Waals surface area contributed by atoms with Gasteiger partial charge >= 0.3 is 0 Å². The lowest BCUT2D eigenvalue weighted by atomic mass is 10.0. The first-order chi connectivity index (χ1) is 14.5. The van der Waals surface area contributed by atoms with Crippen LogP contribution in [0.15, 0.2) is 53.6 Å². The molecule has 0 bridgehead atoms. The van der Waals surface area contributed by atoms with Gasteiger partial charge in [-0.15, -0.1) is 0 Å². The maximum absolute atomic E-state index is 14.9. The summed E-state index contributed by atoms with van der Waals surface area (Å²) in [5, 5.41) is 3.96. The van der Waals surface area contributed by atoms with Crippen molar-refractivity contribution in [2.24, 2.45) is 11.0 Å². The monoisotopic (exact) mass is 435 g/mol. The summed E-state index contributed by atoms with van der Waals surface area (Å²) in [6, 6.07) is 13.8. The van der Waals surface area contributed by atoms with Crippen LogP contribution in [-0.4, -0.2) is 23.9 Å². The summed E-state index contributed by atoms with van der Waals surface area (Å²) < 4.78 is 42.7. The van der Waals surface area contributed by atoms with Crippen LogP contribution < -0.4 is 9.73 Å². The number of nitrogens with zero attached hydrogens (tertiary/aromatic N) is 2. The van der Waals surface area contributed by atoms with Crippen molar-refractivity contribution >= 4 is 23.3 Å². The first-order valence-corrected chi connectivity index (χ1v) is 11.3. The number of benzene rings is 2. The summed E-state index contributed by atoms with van der Waals surface area (Å²) in [6.07, 6.45) is -0.0949. The maximum atomic E-state index is 14.9. The Morgan fingerprint density at radius 1 is 1.20 bits per heavy atom. The third kappa shape index (κ3) is 5.94. The van der Waals surface area contributed by atoms with Crippen molar-refractivity contribution in [1.82, 2.24) is 5.43 Å². The molecule has 2 atom stereocenters. The Morgan fingerprint density at radius 3 is 2.60 bits per heavy atom. The normalized spacial score (nSPS) is 17.0. The molecular weight excluding hydrogens is 407 g/mol. The summed E-state index contributed by atoms with van der Waals surface area (Å²) in [4.78, 5) is 0. The minimum atomic E-state index is -2.50. The molecular formula is C23H28F3N3S. The predicted molar refractivity (Wildman–Crippen MR) is 120 cm³/mol. The number of rotatable bonds is 10. The maximum Gasteiger partial charge on any atom is 0.260 e. The molecule has 2 aromatic rings. The average Bonchev–Trinajstić information content (AvgIpc) is 3.23. The molecule has 3 rings (SSSR count). The molecule has 2 unspecified atom stereocenters. The van der Waals surface area contributed by atoms with Crippen LogP contribution in [0.5, 0.6) is 0 Å². The van der Waals surface area contributed by atoms with Crippen molar-refractivity contribution < 1.29 is 13.2 Å². The largest absolute Gasteiger partial charge is 0.312 e. The Bertz CT molecular complexity index is 845. The van der Waals surface area contributed by atoms with Gasteiger partial charge in [-0.05, 0) is 36.1 Å². The lowest BCUT2D eigenvalue weighted by Crippen LogP contribution is -2.27. The highest BCUT2D eigenvalue weighted by molar-refractivity contribution is 8.00. The summed E-state index contributed by atoms with van der Waals surface area (Å²) in [7, 11) is 0. The predicted octanol–water partition coefficient (Wildman–Crippen LogP) is 6.25. The molecule has 30 heavy (non-hydrogen) atoms. The third-order valence-corrected chi connectivity index (χ3v) is 6.49. The van der Waals surface area contributed by atoms with E-state index < -0.39 is 12.5 Å². The van der Waals surface area contributed by atoms with Crippen molar-refractivity contribution in [1.29, 1.82) is 0 Å². The van der Waals surface area contributed by atoms with E-state index in [0.717, 1.165) is 24.3 Å². The van der Waals surface area contributed by atoms with Crippen molar-refractivity contribution in [3.63, 3.8) is 0 Å². The molecule has 0 saturated heterocycles. The number of para-hydroxylation sites is 1. The van der Waals surface area contributed by atoms with Gasteiger partial charge in [-0.2, -0.15) is 5.10 Å². The number of hydrogen-bond acceptors (Lipinski definition) is 4. The van der Waals surface area contributed by atoms with E-state index in [1.165, 1.54) is 6.07 Å². The summed E-state index contributed by atoms with van der Waals surface area (Å²) in [5.41, 5.74) is 5.04. The Kier molecular flexibility index (Phi) is 8.08. The molecule has 1 N–H and O–H groups in total. The SMILES string of the molecule is CCCC(C)CSN(Cc1ccc(C2=NNC(C(F)F)C2)cc1F)c1ccccc1. The number of alkyl halides is 2. The number of nitrogens with one attached hydrogen (secondary N) is 1. The Labute approximate surface area is 180 Å². The standard InChI is InChI=1S/C23H28F3N3S/c1-3-7-16(2)15-30-29(19-8-5-4-6-9-19)14-18-11-10-17(12-20(18)24)21-13-22(23(25)26)28-27-21/h4-6,8-12,16,22-23,28H,3,7,13-15H2,1-2H3. The molecule has 2 aromatic carbocycles. The van der Waals surface area contributed by atoms with Crippen LogP contribution in [0, 0.1) is 11.7 Å². The molecule has 0 aromatic heterocycles. The highest BCUT2D eigenvalue weighted by atomic mass is 32.2. The van der Waals surface area contributed by atoms with Crippen molar-refractivity contribution in [2.75, 3.05) is 10.1 Å². The highest BCUT2D eigenvalue weighted by Crippen LogP contribution is 2.28. The van der Waals surface area contributed by atoms with Gasteiger partial charge in [0, 0.05) is 29.0 Å². The van der Waals surface area contributed by atoms with E-state index in [9.17, 15) is 13.2 Å². The van der Waals surface area contributed by atoms with Gasteiger partial charge in [-0.3, -0.25) is 0 Å². The van der Waals surface area contributed by atoms with Gasteiger partial charge < -0.3 is 9.73 Å². The molecule has 1 heterocycles. The second-order valence-electron chi connectivity index (χ2n) is 7.70. The Morgan fingerprint density at radius 2 is 1.97 bits per heavy atom. The minimum absolute atomic E-state index is 0.0950. The van der Waals surface area contributed by atoms with E-state index in [-0.39, 0.29) is 12.2 Å². The molecule has 3 nitrogen and oxygen atoms in total. The van der Waals surface area contributed by atoms with Gasteiger partial charge in [-0.25, -0.2) is 13.2 Å². The van der Waals surface area contributed by atoms with Gasteiger partial charge in [0.05, 0.1) is 12.3 Å². The van der Waals surface area contributed by atoms with E-state index >= 15 is 0 Å². The Balaban J connectivity index is 1.72. The fraction of sp³-hybridized carbons (Fsp3) is 0.435. The zero-order valence-electron chi connectivity index (χ0n) is 17.3. The van der Waals surface area contributed by atoms with Crippen LogP contribution in [0.25, 0.3) is 0 Å². The number of anilines is 1. The van der Waals surface area contributed by atoms with Gasteiger partial charge in [0.1, 0.15) is 11.9 Å². The van der Waals surface area contributed by atoms with Crippen LogP contribution >= 0.6 is 11.9 Å². The first kappa shape index (κ1) is 22.5. The molecule has 0 saturated carbocycles. The summed E-state index contributed by atoms with van der Waals surface area (Å²) in [6.45, 7) is 4.84. The van der Waals surface area contributed by atoms with Crippen molar-refractivity contribution in [2.45, 2.75) is 52.1 Å². The lowest BCUT2D eigenvalue weighted by molar-refractivity contribution is 0.106. The van der Waals surface area contributed by atoms with Gasteiger partial charge in [-0.1, -0.05) is 57.0 Å². The van der Waals surface area contributed by atoms with E-state index in [0.29, 0.717) is 29.3 Å². The first-order valence-electron chi connectivity index (χ1n) is 10.3. The lowest BCUT2D eigenvalue weighted by Gasteiger charge is -2.25. The Hall–Kier alpha value is -2.15. The fourth-order valence-electron chi connectivity index (χ4n) is 3.40. The number of hydrogen-bond donors (Lipinski definition) is 1. The molecule has 7 heteroatoms. The van der Waals surface area contributed by atoms with E-state index in [1.54, 1.807) is 24.1 Å². The molecule has 1 aliphatic rings. The molecule has 0 amide bonds. The molecule has 1 aliphatic heterocycles. The second kappa shape index (κ2) is 10.8. The van der Waals surface area contributed by atoms with E-state index in [4.69, 9.17) is 0 Å². The summed E-state index contributed by atoms with van der Waals surface area (Å²) in [5.74, 6) is 1.19. The zero-order chi connectivity index (χ0) is 21.5. The second-order valence-corrected chi connectivity index (χ2v) is 8.73. The van der Waals surface area contributed by atoms with Gasteiger partial charge in [0.15, 0.2) is 0 Å². The quantitative estimate of drug-likeness (QED) is 0.447. The topological polar surface area (TPSA) is 27.6 Å². The van der Waals surface area contributed by atoms with Crippen LogP contribution in [0.2, 0.25) is 0 Å². The third-order valence-electron chi connectivity index (χ3n) is 5.12. The van der Waals surface area contributed by atoms with E-state index in [2.05, 4.69) is 28.7 Å². The van der Waals surface area contributed by atoms with Gasteiger partial charge in [0.2, 0.25) is 0 Å². The van der Waals surface area contributed by atoms with Gasteiger partial charge in [0.25, 0.3) is 6.43 Å². The van der Waals surface area contributed by atoms with Crippen LogP contribution in [0.1, 0.15) is 44.2 Å². The van der Waals surface area contributed by atoms with Crippen LogP contribution in [0.4, 0.5) is 18.9 Å². The van der Waals surface area contributed by atoms with Crippen LogP contribution in [0.3, 0.4) is 0 Å². The molecule has 162 valence electrons. The zero-order valence-corrected chi connectivity index (χ0v) is 18.1. The molecule has 0 fully saturated rings. The number of hydrazone groups is 1. The average molecular weight is 436 g/mol. The molecule has 0 spiro atoms. The summed E-state index contributed by atoms with van der Waals surface area (Å²) >= 11 is 1.71. The molecule has 0 radical (unpaired) electrons.